The van der Waals surface area contributed by atoms with Gasteiger partial charge in [-0.2, -0.15) is 0 Å². The maximum Gasteiger partial charge on any atom is 0.227 e. The van der Waals surface area contributed by atoms with Gasteiger partial charge in [0.15, 0.2) is 11.5 Å². The van der Waals surface area contributed by atoms with Gasteiger partial charge >= 0.3 is 0 Å². The molecular weight excluding hydrogens is 320 g/mol. The Balaban J connectivity index is 1.27. The standard InChI is InChI=1S/C19H26N2O4/c22-19(13-15-3-4-17-18(12-15)25-11-10-24-17)21-7-5-20(6-8-21)14-16-2-1-9-23-16/h3-4,12,16H,1-2,5-11,13-14H2/t16-/m1/s1. The van der Waals surface area contributed by atoms with Crippen LogP contribution in [0.4, 0.5) is 0 Å². The maximum absolute atomic E-state index is 12.6. The molecule has 1 atom stereocenters. The van der Waals surface area contributed by atoms with Crippen molar-refractivity contribution in [3.63, 3.8) is 0 Å². The van der Waals surface area contributed by atoms with Crippen molar-refractivity contribution in [1.82, 2.24) is 9.80 Å². The molecule has 3 heterocycles. The van der Waals surface area contributed by atoms with Gasteiger partial charge in [-0.15, -0.1) is 0 Å². The first-order chi connectivity index (χ1) is 12.3. The van der Waals surface area contributed by atoms with Crippen molar-refractivity contribution in [3.8, 4) is 11.5 Å². The number of ether oxygens (including phenoxy) is 3. The Morgan fingerprint density at radius 2 is 1.84 bits per heavy atom. The average Bonchev–Trinajstić information content (AvgIpc) is 3.15. The Kier molecular flexibility index (Phi) is 5.08. The smallest absolute Gasteiger partial charge is 0.227 e. The molecule has 0 saturated carbocycles. The molecule has 0 N–H and O–H groups in total. The zero-order valence-corrected chi connectivity index (χ0v) is 14.6. The number of benzene rings is 1. The maximum atomic E-state index is 12.6. The fourth-order valence-corrected chi connectivity index (χ4v) is 3.74. The highest BCUT2D eigenvalue weighted by molar-refractivity contribution is 5.79. The second kappa shape index (κ2) is 7.62. The average molecular weight is 346 g/mol. The molecule has 3 aliphatic heterocycles. The van der Waals surface area contributed by atoms with Crippen LogP contribution in [0.25, 0.3) is 0 Å². The van der Waals surface area contributed by atoms with E-state index in [2.05, 4.69) is 4.90 Å². The fraction of sp³-hybridized carbons (Fsp3) is 0.632. The van der Waals surface area contributed by atoms with E-state index in [1.165, 1.54) is 12.8 Å². The van der Waals surface area contributed by atoms with Gasteiger partial charge in [-0.1, -0.05) is 6.07 Å². The highest BCUT2D eigenvalue weighted by atomic mass is 16.6. The Bertz CT molecular complexity index is 607. The van der Waals surface area contributed by atoms with Crippen LogP contribution in [0.15, 0.2) is 18.2 Å². The minimum Gasteiger partial charge on any atom is -0.486 e. The quantitative estimate of drug-likeness (QED) is 0.823. The molecule has 136 valence electrons. The second-order valence-electron chi connectivity index (χ2n) is 6.97. The number of hydrogen-bond acceptors (Lipinski definition) is 5. The van der Waals surface area contributed by atoms with Gasteiger partial charge in [0.05, 0.1) is 12.5 Å². The number of hydrogen-bond donors (Lipinski definition) is 0. The number of fused-ring (bicyclic) bond motifs is 1. The van der Waals surface area contributed by atoms with Crippen molar-refractivity contribution in [3.05, 3.63) is 23.8 Å². The third-order valence-corrected chi connectivity index (χ3v) is 5.17. The normalized spacial score (nSPS) is 23.7. The van der Waals surface area contributed by atoms with Crippen LogP contribution in [-0.4, -0.2) is 74.4 Å². The van der Waals surface area contributed by atoms with Gasteiger partial charge in [0.25, 0.3) is 0 Å². The molecule has 6 heteroatoms. The first kappa shape index (κ1) is 16.7. The molecule has 0 aliphatic carbocycles. The van der Waals surface area contributed by atoms with E-state index in [4.69, 9.17) is 14.2 Å². The van der Waals surface area contributed by atoms with Crippen LogP contribution in [0.5, 0.6) is 11.5 Å². The van der Waals surface area contributed by atoms with Crippen molar-refractivity contribution < 1.29 is 19.0 Å². The summed E-state index contributed by atoms with van der Waals surface area (Å²) in [6, 6.07) is 5.79. The summed E-state index contributed by atoms with van der Waals surface area (Å²) >= 11 is 0. The molecular formula is C19H26N2O4. The Labute approximate surface area is 148 Å². The first-order valence-electron chi connectivity index (χ1n) is 9.28. The van der Waals surface area contributed by atoms with Gasteiger partial charge in [-0.3, -0.25) is 9.69 Å². The second-order valence-corrected chi connectivity index (χ2v) is 6.97. The molecule has 0 unspecified atom stereocenters. The lowest BCUT2D eigenvalue weighted by Crippen LogP contribution is -2.50. The molecule has 6 nitrogen and oxygen atoms in total. The van der Waals surface area contributed by atoms with Crippen molar-refractivity contribution in [2.45, 2.75) is 25.4 Å². The molecule has 1 aromatic carbocycles. The summed E-state index contributed by atoms with van der Waals surface area (Å²) in [7, 11) is 0. The molecule has 1 aromatic rings. The molecule has 3 aliphatic rings. The van der Waals surface area contributed by atoms with E-state index in [0.717, 1.165) is 56.4 Å². The first-order valence-corrected chi connectivity index (χ1v) is 9.28. The number of nitrogens with zero attached hydrogens (tertiary/aromatic N) is 2. The largest absolute Gasteiger partial charge is 0.486 e. The number of piperazine rings is 1. The lowest BCUT2D eigenvalue weighted by molar-refractivity contribution is -0.132. The fourth-order valence-electron chi connectivity index (χ4n) is 3.74. The number of amides is 1. The van der Waals surface area contributed by atoms with Gasteiger partial charge in [-0.05, 0) is 30.5 Å². The Morgan fingerprint density at radius 3 is 2.60 bits per heavy atom. The lowest BCUT2D eigenvalue weighted by Gasteiger charge is -2.35. The molecule has 0 radical (unpaired) electrons. The van der Waals surface area contributed by atoms with Crippen LogP contribution in [0.3, 0.4) is 0 Å². The minimum atomic E-state index is 0.188. The highest BCUT2D eigenvalue weighted by Gasteiger charge is 2.25. The van der Waals surface area contributed by atoms with Gasteiger partial charge < -0.3 is 19.1 Å². The third-order valence-electron chi connectivity index (χ3n) is 5.17. The van der Waals surface area contributed by atoms with E-state index in [-0.39, 0.29) is 5.91 Å². The van der Waals surface area contributed by atoms with Gasteiger partial charge in [0.2, 0.25) is 5.91 Å². The van der Waals surface area contributed by atoms with E-state index in [9.17, 15) is 4.79 Å². The van der Waals surface area contributed by atoms with Crippen LogP contribution in [0.1, 0.15) is 18.4 Å². The molecule has 2 fully saturated rings. The molecule has 4 rings (SSSR count). The number of carbonyl (C=O) groups excluding carboxylic acids is 1. The summed E-state index contributed by atoms with van der Waals surface area (Å²) in [5.41, 5.74) is 0.982. The van der Waals surface area contributed by atoms with Crippen LogP contribution in [-0.2, 0) is 16.0 Å². The molecule has 0 aromatic heterocycles. The van der Waals surface area contributed by atoms with Gasteiger partial charge in [0, 0.05) is 39.3 Å². The monoisotopic (exact) mass is 346 g/mol. The molecule has 25 heavy (non-hydrogen) atoms. The van der Waals surface area contributed by atoms with Crippen molar-refractivity contribution in [2.75, 3.05) is 52.5 Å². The summed E-state index contributed by atoms with van der Waals surface area (Å²) in [5.74, 6) is 1.71. The van der Waals surface area contributed by atoms with Crippen LogP contribution >= 0.6 is 0 Å². The van der Waals surface area contributed by atoms with Crippen molar-refractivity contribution >= 4 is 5.91 Å². The molecule has 2 saturated heterocycles. The summed E-state index contributed by atoms with van der Waals surface area (Å²) in [6.07, 6.45) is 3.16. The summed E-state index contributed by atoms with van der Waals surface area (Å²) in [4.78, 5) is 17.0. The predicted molar refractivity (Wildman–Crippen MR) is 93.1 cm³/mol. The third kappa shape index (κ3) is 4.07. The topological polar surface area (TPSA) is 51.2 Å². The minimum absolute atomic E-state index is 0.188. The SMILES string of the molecule is O=C(Cc1ccc2c(c1)OCCO2)N1CCN(C[C@H]2CCCO2)CC1. The summed E-state index contributed by atoms with van der Waals surface area (Å²) < 4.78 is 16.8. The Hall–Kier alpha value is -1.79. The highest BCUT2D eigenvalue weighted by Crippen LogP contribution is 2.31. The van der Waals surface area contributed by atoms with E-state index in [1.54, 1.807) is 0 Å². The zero-order chi connectivity index (χ0) is 17.1. The van der Waals surface area contributed by atoms with E-state index in [0.29, 0.717) is 25.7 Å². The van der Waals surface area contributed by atoms with Crippen LogP contribution < -0.4 is 9.47 Å². The lowest BCUT2D eigenvalue weighted by atomic mass is 10.1. The van der Waals surface area contributed by atoms with Crippen LogP contribution in [0, 0.1) is 0 Å². The van der Waals surface area contributed by atoms with Crippen LogP contribution in [0.2, 0.25) is 0 Å². The molecule has 0 bridgehead atoms. The summed E-state index contributed by atoms with van der Waals surface area (Å²) in [6.45, 7) is 6.53. The van der Waals surface area contributed by atoms with Gasteiger partial charge in [0.1, 0.15) is 13.2 Å². The molecule has 1 amide bonds. The number of rotatable bonds is 4. The zero-order valence-electron chi connectivity index (χ0n) is 14.6. The van der Waals surface area contributed by atoms with Crippen molar-refractivity contribution in [2.24, 2.45) is 0 Å². The van der Waals surface area contributed by atoms with E-state index in [1.807, 2.05) is 23.1 Å². The van der Waals surface area contributed by atoms with E-state index < -0.39 is 0 Å². The summed E-state index contributed by atoms with van der Waals surface area (Å²) in [5, 5.41) is 0. The molecule has 0 spiro atoms. The number of carbonyl (C=O) groups is 1. The van der Waals surface area contributed by atoms with E-state index >= 15 is 0 Å². The predicted octanol–water partition coefficient (Wildman–Crippen LogP) is 1.32. The Morgan fingerprint density at radius 1 is 1.04 bits per heavy atom. The van der Waals surface area contributed by atoms with Gasteiger partial charge in [-0.25, -0.2) is 0 Å². The van der Waals surface area contributed by atoms with Crippen molar-refractivity contribution in [1.29, 1.82) is 0 Å².